The fourth-order valence-corrected chi connectivity index (χ4v) is 3.81. The van der Waals surface area contributed by atoms with Gasteiger partial charge in [-0.3, -0.25) is 4.79 Å². The summed E-state index contributed by atoms with van der Waals surface area (Å²) in [6.45, 7) is 6.01. The fraction of sp³-hybridized carbons (Fsp3) is 0.154. The number of nitrogens with zero attached hydrogens (tertiary/aromatic N) is 1. The van der Waals surface area contributed by atoms with Crippen LogP contribution in [0.4, 0.5) is 5.69 Å². The number of nitrogens with one attached hydrogen (secondary N) is 1. The quantitative estimate of drug-likeness (QED) is 0.279. The highest BCUT2D eigenvalue weighted by molar-refractivity contribution is 6.42. The largest absolute Gasteiger partial charge is 0.488 e. The zero-order valence-electron chi connectivity index (χ0n) is 18.3. The van der Waals surface area contributed by atoms with Crippen molar-refractivity contribution in [3.63, 3.8) is 0 Å². The summed E-state index contributed by atoms with van der Waals surface area (Å²) in [6, 6.07) is 16.3. The van der Waals surface area contributed by atoms with Crippen LogP contribution in [0.2, 0.25) is 15.1 Å². The first-order valence-corrected chi connectivity index (χ1v) is 11.2. The van der Waals surface area contributed by atoms with E-state index in [1.807, 2.05) is 45.0 Å². The van der Waals surface area contributed by atoms with Gasteiger partial charge in [0, 0.05) is 10.7 Å². The van der Waals surface area contributed by atoms with E-state index in [0.717, 1.165) is 33.6 Å². The van der Waals surface area contributed by atoms with Crippen molar-refractivity contribution in [1.82, 2.24) is 0 Å². The highest BCUT2D eigenvalue weighted by atomic mass is 35.5. The average Bonchev–Trinajstić information content (AvgIpc) is 2.76. The van der Waals surface area contributed by atoms with Crippen molar-refractivity contribution in [3.8, 4) is 11.8 Å². The maximum absolute atomic E-state index is 12.7. The normalized spacial score (nSPS) is 11.1. The molecule has 33 heavy (non-hydrogen) atoms. The Morgan fingerprint density at radius 2 is 1.67 bits per heavy atom. The van der Waals surface area contributed by atoms with E-state index in [9.17, 15) is 10.1 Å². The van der Waals surface area contributed by atoms with E-state index in [1.165, 1.54) is 0 Å². The first-order valence-electron chi connectivity index (χ1n) is 10.0. The molecule has 1 N–H and O–H groups in total. The van der Waals surface area contributed by atoms with Gasteiger partial charge >= 0.3 is 0 Å². The molecule has 0 saturated heterocycles. The van der Waals surface area contributed by atoms with Crippen LogP contribution in [0.15, 0.2) is 54.1 Å². The number of anilines is 1. The molecular formula is C26H21Cl3N2O2. The molecule has 4 nitrogen and oxygen atoms in total. The molecule has 0 aliphatic carbocycles. The van der Waals surface area contributed by atoms with Crippen LogP contribution >= 0.6 is 34.8 Å². The molecule has 3 aromatic carbocycles. The summed E-state index contributed by atoms with van der Waals surface area (Å²) >= 11 is 18.1. The Morgan fingerprint density at radius 1 is 0.970 bits per heavy atom. The van der Waals surface area contributed by atoms with E-state index in [-0.39, 0.29) is 5.57 Å². The van der Waals surface area contributed by atoms with Crippen molar-refractivity contribution in [2.24, 2.45) is 0 Å². The smallest absolute Gasteiger partial charge is 0.266 e. The number of rotatable bonds is 6. The number of hydrogen-bond acceptors (Lipinski definition) is 3. The van der Waals surface area contributed by atoms with Gasteiger partial charge in [-0.1, -0.05) is 46.9 Å². The highest BCUT2D eigenvalue weighted by Gasteiger charge is 2.13. The van der Waals surface area contributed by atoms with E-state index in [0.29, 0.717) is 27.4 Å². The van der Waals surface area contributed by atoms with Gasteiger partial charge in [-0.15, -0.1) is 0 Å². The van der Waals surface area contributed by atoms with E-state index < -0.39 is 5.91 Å². The molecule has 1 amide bonds. The third-order valence-corrected chi connectivity index (χ3v) is 5.95. The van der Waals surface area contributed by atoms with Crippen LogP contribution in [0, 0.1) is 32.1 Å². The average molecular weight is 500 g/mol. The van der Waals surface area contributed by atoms with Crippen LogP contribution in [0.3, 0.4) is 0 Å². The number of amides is 1. The van der Waals surface area contributed by atoms with Crippen molar-refractivity contribution < 1.29 is 9.53 Å². The summed E-state index contributed by atoms with van der Waals surface area (Å²) in [7, 11) is 0. The minimum absolute atomic E-state index is 0.0161. The summed E-state index contributed by atoms with van der Waals surface area (Å²) in [5.74, 6) is 0.230. The lowest BCUT2D eigenvalue weighted by Crippen LogP contribution is -2.14. The van der Waals surface area contributed by atoms with E-state index in [1.54, 1.807) is 36.4 Å². The summed E-state index contributed by atoms with van der Waals surface area (Å²) < 4.78 is 6.01. The topological polar surface area (TPSA) is 62.1 Å². The lowest BCUT2D eigenvalue weighted by atomic mass is 10.0. The Kier molecular flexibility index (Phi) is 8.05. The van der Waals surface area contributed by atoms with Crippen LogP contribution in [0.5, 0.6) is 5.75 Å². The molecular weight excluding hydrogens is 479 g/mol. The molecule has 0 fully saturated rings. The van der Waals surface area contributed by atoms with E-state index in [4.69, 9.17) is 39.5 Å². The third-order valence-electron chi connectivity index (χ3n) is 4.97. The molecule has 168 valence electrons. The number of halogens is 3. The second-order valence-corrected chi connectivity index (χ2v) is 8.85. The molecule has 0 unspecified atom stereocenters. The molecule has 0 aliphatic rings. The Balaban J connectivity index is 1.79. The fourth-order valence-electron chi connectivity index (χ4n) is 3.31. The Labute approximate surface area is 208 Å². The molecule has 0 aliphatic heterocycles. The minimum Gasteiger partial charge on any atom is -0.488 e. The first-order chi connectivity index (χ1) is 15.7. The predicted molar refractivity (Wildman–Crippen MR) is 135 cm³/mol. The van der Waals surface area contributed by atoms with Crippen LogP contribution in [0.1, 0.15) is 27.8 Å². The summed E-state index contributed by atoms with van der Waals surface area (Å²) in [6.07, 6.45) is 1.55. The van der Waals surface area contributed by atoms with Crippen LogP contribution in [-0.2, 0) is 11.4 Å². The minimum atomic E-state index is -0.502. The zero-order valence-corrected chi connectivity index (χ0v) is 20.6. The lowest BCUT2D eigenvalue weighted by Gasteiger charge is -2.14. The second-order valence-electron chi connectivity index (χ2n) is 7.60. The molecule has 3 rings (SSSR count). The number of nitriles is 1. The number of carbonyl (C=O) groups excluding carboxylic acids is 1. The van der Waals surface area contributed by atoms with Crippen LogP contribution < -0.4 is 10.1 Å². The number of benzene rings is 3. The van der Waals surface area contributed by atoms with Gasteiger partial charge in [0.1, 0.15) is 24.0 Å². The first kappa shape index (κ1) is 24.7. The molecule has 0 atom stereocenters. The molecule has 0 aromatic heterocycles. The molecule has 0 spiro atoms. The third kappa shape index (κ3) is 6.30. The van der Waals surface area contributed by atoms with Crippen molar-refractivity contribution in [2.45, 2.75) is 27.4 Å². The second kappa shape index (κ2) is 10.8. The van der Waals surface area contributed by atoms with Crippen LogP contribution in [0.25, 0.3) is 6.08 Å². The summed E-state index contributed by atoms with van der Waals surface area (Å²) in [4.78, 5) is 12.7. The van der Waals surface area contributed by atoms with Crippen LogP contribution in [-0.4, -0.2) is 5.91 Å². The zero-order chi connectivity index (χ0) is 24.1. The number of carbonyl (C=O) groups is 1. The SMILES string of the molecule is Cc1ccc(Cl)cc1NC(=O)/C(C#N)=C/c1cc(C)c(OCc2ccc(Cl)c(Cl)c2)c(C)c1. The van der Waals surface area contributed by atoms with Crippen molar-refractivity contribution in [2.75, 3.05) is 5.32 Å². The van der Waals surface area contributed by atoms with Gasteiger partial charge in [0.05, 0.1) is 10.0 Å². The number of ether oxygens (including phenoxy) is 1. The maximum atomic E-state index is 12.7. The van der Waals surface area contributed by atoms with Gasteiger partial charge in [-0.05, 0) is 91.1 Å². The summed E-state index contributed by atoms with van der Waals surface area (Å²) in [5, 5.41) is 13.8. The van der Waals surface area contributed by atoms with E-state index >= 15 is 0 Å². The van der Waals surface area contributed by atoms with Gasteiger partial charge in [0.2, 0.25) is 0 Å². The van der Waals surface area contributed by atoms with Crippen molar-refractivity contribution >= 4 is 52.5 Å². The molecule has 7 heteroatoms. The number of aryl methyl sites for hydroxylation is 3. The predicted octanol–water partition coefficient (Wildman–Crippen LogP) is 7.70. The number of hydrogen-bond donors (Lipinski definition) is 1. The van der Waals surface area contributed by atoms with Gasteiger partial charge in [0.15, 0.2) is 0 Å². The Hall–Kier alpha value is -2.97. The maximum Gasteiger partial charge on any atom is 0.266 e. The molecule has 0 heterocycles. The van der Waals surface area contributed by atoms with Crippen molar-refractivity contribution in [1.29, 1.82) is 5.26 Å². The molecule has 0 radical (unpaired) electrons. The van der Waals surface area contributed by atoms with E-state index in [2.05, 4.69) is 5.32 Å². The van der Waals surface area contributed by atoms with Gasteiger partial charge in [-0.2, -0.15) is 5.26 Å². The Morgan fingerprint density at radius 3 is 2.30 bits per heavy atom. The van der Waals surface area contributed by atoms with Crippen molar-refractivity contribution in [3.05, 3.63) is 97.0 Å². The molecule has 3 aromatic rings. The molecule has 0 bridgehead atoms. The Bertz CT molecular complexity index is 1270. The monoisotopic (exact) mass is 498 g/mol. The lowest BCUT2D eigenvalue weighted by molar-refractivity contribution is -0.112. The van der Waals surface area contributed by atoms with Gasteiger partial charge in [-0.25, -0.2) is 0 Å². The highest BCUT2D eigenvalue weighted by Crippen LogP contribution is 2.28. The molecule has 0 saturated carbocycles. The van der Waals surface area contributed by atoms with Gasteiger partial charge < -0.3 is 10.1 Å². The standard InChI is InChI=1S/C26H21Cl3N2O2/c1-15-4-6-21(27)12-24(15)31-26(32)20(13-30)10-19-8-16(2)25(17(3)9-19)33-14-18-5-7-22(28)23(29)11-18/h4-12H,14H2,1-3H3,(H,31,32)/b20-10+. The van der Waals surface area contributed by atoms with Gasteiger partial charge in [0.25, 0.3) is 5.91 Å². The summed E-state index contributed by atoms with van der Waals surface area (Å²) in [5.41, 5.74) is 4.77.